The third kappa shape index (κ3) is 3.35. The molecule has 3 aromatic rings. The van der Waals surface area contributed by atoms with E-state index in [9.17, 15) is 5.11 Å². The molecule has 0 saturated carbocycles. The molecule has 25 heavy (non-hydrogen) atoms. The lowest BCUT2D eigenvalue weighted by Gasteiger charge is -2.16. The Bertz CT molecular complexity index is 862. The van der Waals surface area contributed by atoms with Crippen LogP contribution in [0.4, 0.5) is 5.69 Å². The highest BCUT2D eigenvalue weighted by molar-refractivity contribution is 5.54. The van der Waals surface area contributed by atoms with Gasteiger partial charge in [-0.2, -0.15) is 5.10 Å². The Kier molecular flexibility index (Phi) is 4.13. The highest BCUT2D eigenvalue weighted by atomic mass is 16.3. The Morgan fingerprint density at radius 1 is 1.16 bits per heavy atom. The van der Waals surface area contributed by atoms with Crippen molar-refractivity contribution < 1.29 is 5.11 Å². The SMILES string of the molecule is Cc1cc(O)ccc1NC1CC(c2cccc(-n3cccn3)c2)NN1. The van der Waals surface area contributed by atoms with Gasteiger partial charge in [0.1, 0.15) is 5.75 Å². The maximum Gasteiger partial charge on any atom is 0.115 e. The molecule has 0 radical (unpaired) electrons. The van der Waals surface area contributed by atoms with Gasteiger partial charge in [0, 0.05) is 30.5 Å². The average Bonchev–Trinajstić information content (AvgIpc) is 3.29. The average molecular weight is 335 g/mol. The van der Waals surface area contributed by atoms with Gasteiger partial charge in [-0.05, 0) is 54.4 Å². The van der Waals surface area contributed by atoms with Crippen molar-refractivity contribution in [1.82, 2.24) is 20.6 Å². The number of hydrazine groups is 1. The molecule has 1 saturated heterocycles. The fourth-order valence-electron chi connectivity index (χ4n) is 3.17. The Labute approximate surface area is 146 Å². The summed E-state index contributed by atoms with van der Waals surface area (Å²) in [6.45, 7) is 1.98. The molecule has 4 rings (SSSR count). The maximum atomic E-state index is 9.53. The number of aryl methyl sites for hydroxylation is 1. The quantitative estimate of drug-likeness (QED) is 0.552. The van der Waals surface area contributed by atoms with Crippen molar-refractivity contribution in [3.63, 3.8) is 0 Å². The fraction of sp³-hybridized carbons (Fsp3) is 0.211. The molecule has 6 heteroatoms. The number of phenolic OH excluding ortho intramolecular Hbond substituents is 1. The predicted molar refractivity (Wildman–Crippen MR) is 97.4 cm³/mol. The number of hydrogen-bond acceptors (Lipinski definition) is 5. The van der Waals surface area contributed by atoms with Crippen molar-refractivity contribution in [3.8, 4) is 11.4 Å². The second-order valence-corrected chi connectivity index (χ2v) is 6.32. The molecule has 2 atom stereocenters. The summed E-state index contributed by atoms with van der Waals surface area (Å²) in [5.74, 6) is 0.286. The second-order valence-electron chi connectivity index (χ2n) is 6.32. The van der Waals surface area contributed by atoms with Gasteiger partial charge in [-0.3, -0.25) is 0 Å². The third-order valence-corrected chi connectivity index (χ3v) is 4.48. The molecule has 6 nitrogen and oxygen atoms in total. The van der Waals surface area contributed by atoms with E-state index in [1.807, 2.05) is 29.9 Å². The number of aromatic hydroxyl groups is 1. The topological polar surface area (TPSA) is 74.1 Å². The van der Waals surface area contributed by atoms with Crippen LogP contribution < -0.4 is 16.2 Å². The van der Waals surface area contributed by atoms with E-state index in [1.165, 1.54) is 5.56 Å². The minimum absolute atomic E-state index is 0.113. The number of anilines is 1. The van der Waals surface area contributed by atoms with Gasteiger partial charge in [-0.15, -0.1) is 0 Å². The number of nitrogens with one attached hydrogen (secondary N) is 3. The minimum Gasteiger partial charge on any atom is -0.508 e. The molecule has 2 aromatic carbocycles. The van der Waals surface area contributed by atoms with Gasteiger partial charge in [0.05, 0.1) is 11.9 Å². The molecule has 0 aliphatic carbocycles. The summed E-state index contributed by atoms with van der Waals surface area (Å²) in [5, 5.41) is 17.3. The summed E-state index contributed by atoms with van der Waals surface area (Å²) >= 11 is 0. The summed E-state index contributed by atoms with van der Waals surface area (Å²) in [4.78, 5) is 0. The fourth-order valence-corrected chi connectivity index (χ4v) is 3.17. The number of hydrogen-bond donors (Lipinski definition) is 4. The van der Waals surface area contributed by atoms with Crippen LogP contribution in [0.2, 0.25) is 0 Å². The van der Waals surface area contributed by atoms with Crippen LogP contribution in [0.5, 0.6) is 5.75 Å². The van der Waals surface area contributed by atoms with Gasteiger partial charge < -0.3 is 10.4 Å². The van der Waals surface area contributed by atoms with Crippen molar-refractivity contribution >= 4 is 5.69 Å². The first kappa shape index (κ1) is 15.7. The number of benzene rings is 2. The van der Waals surface area contributed by atoms with E-state index >= 15 is 0 Å². The van der Waals surface area contributed by atoms with Crippen LogP contribution in [0.25, 0.3) is 5.69 Å². The molecule has 0 bridgehead atoms. The predicted octanol–water partition coefficient (Wildman–Crippen LogP) is 2.86. The lowest BCUT2D eigenvalue weighted by atomic mass is 10.0. The van der Waals surface area contributed by atoms with Crippen molar-refractivity contribution in [2.24, 2.45) is 0 Å². The Morgan fingerprint density at radius 3 is 2.88 bits per heavy atom. The Balaban J connectivity index is 1.46. The smallest absolute Gasteiger partial charge is 0.115 e. The summed E-state index contributed by atoms with van der Waals surface area (Å²) < 4.78 is 1.86. The highest BCUT2D eigenvalue weighted by Gasteiger charge is 2.25. The van der Waals surface area contributed by atoms with Crippen LogP contribution in [0.1, 0.15) is 23.6 Å². The lowest BCUT2D eigenvalue weighted by molar-refractivity contribution is 0.475. The normalized spacial score (nSPS) is 19.9. The molecule has 1 aliphatic heterocycles. The van der Waals surface area contributed by atoms with Crippen LogP contribution in [0.3, 0.4) is 0 Å². The number of rotatable bonds is 4. The zero-order valence-corrected chi connectivity index (χ0v) is 14.0. The van der Waals surface area contributed by atoms with Crippen molar-refractivity contribution in [2.75, 3.05) is 5.32 Å². The van der Waals surface area contributed by atoms with Crippen LogP contribution in [-0.4, -0.2) is 21.1 Å². The van der Waals surface area contributed by atoms with Crippen LogP contribution in [0.15, 0.2) is 60.9 Å². The van der Waals surface area contributed by atoms with Gasteiger partial charge >= 0.3 is 0 Å². The molecular weight excluding hydrogens is 314 g/mol. The standard InChI is InChI=1S/C19H21N5O/c1-13-10-16(25)6-7-17(13)21-19-12-18(22-23-19)14-4-2-5-15(11-14)24-9-3-8-20-24/h2-11,18-19,21-23,25H,12H2,1H3. The molecule has 1 aliphatic rings. The van der Waals surface area contributed by atoms with E-state index in [0.717, 1.165) is 23.4 Å². The monoisotopic (exact) mass is 335 g/mol. The first-order chi connectivity index (χ1) is 12.2. The van der Waals surface area contributed by atoms with Crippen LogP contribution in [0, 0.1) is 6.92 Å². The molecule has 1 aromatic heterocycles. The number of aromatic nitrogens is 2. The van der Waals surface area contributed by atoms with Crippen molar-refractivity contribution in [3.05, 3.63) is 72.1 Å². The molecule has 0 spiro atoms. The van der Waals surface area contributed by atoms with Gasteiger partial charge in [0.15, 0.2) is 0 Å². The minimum atomic E-state index is 0.113. The van der Waals surface area contributed by atoms with Gasteiger partial charge in [-0.1, -0.05) is 12.1 Å². The van der Waals surface area contributed by atoms with Gasteiger partial charge in [0.2, 0.25) is 0 Å². The molecule has 4 N–H and O–H groups in total. The van der Waals surface area contributed by atoms with Crippen molar-refractivity contribution in [2.45, 2.75) is 25.6 Å². The summed E-state index contributed by atoms with van der Waals surface area (Å²) in [5.41, 5.74) is 11.0. The third-order valence-electron chi connectivity index (χ3n) is 4.48. The first-order valence-corrected chi connectivity index (χ1v) is 8.36. The van der Waals surface area contributed by atoms with Crippen LogP contribution in [-0.2, 0) is 0 Å². The second kappa shape index (κ2) is 6.58. The van der Waals surface area contributed by atoms with Crippen LogP contribution >= 0.6 is 0 Å². The summed E-state index contributed by atoms with van der Waals surface area (Å²) in [6, 6.07) is 15.9. The first-order valence-electron chi connectivity index (χ1n) is 8.36. The van der Waals surface area contributed by atoms with E-state index in [-0.39, 0.29) is 18.0 Å². The zero-order valence-electron chi connectivity index (χ0n) is 14.0. The van der Waals surface area contributed by atoms with E-state index in [0.29, 0.717) is 0 Å². The number of nitrogens with zero attached hydrogens (tertiary/aromatic N) is 2. The lowest BCUT2D eigenvalue weighted by Crippen LogP contribution is -2.36. The molecule has 2 heterocycles. The zero-order chi connectivity index (χ0) is 17.2. The molecule has 128 valence electrons. The molecule has 1 fully saturated rings. The van der Waals surface area contributed by atoms with Crippen molar-refractivity contribution in [1.29, 1.82) is 0 Å². The summed E-state index contributed by atoms with van der Waals surface area (Å²) in [7, 11) is 0. The van der Waals surface area contributed by atoms with E-state index in [2.05, 4.69) is 45.5 Å². The highest BCUT2D eigenvalue weighted by Crippen LogP contribution is 2.26. The molecule has 2 unspecified atom stereocenters. The van der Waals surface area contributed by atoms with Gasteiger partial charge in [0.25, 0.3) is 0 Å². The Morgan fingerprint density at radius 2 is 2.08 bits per heavy atom. The van der Waals surface area contributed by atoms with E-state index in [4.69, 9.17) is 0 Å². The van der Waals surface area contributed by atoms with E-state index in [1.54, 1.807) is 18.3 Å². The number of phenols is 1. The maximum absolute atomic E-state index is 9.53. The van der Waals surface area contributed by atoms with Gasteiger partial charge in [-0.25, -0.2) is 15.5 Å². The molecule has 0 amide bonds. The largest absolute Gasteiger partial charge is 0.508 e. The Hall–Kier alpha value is -2.83. The molecular formula is C19H21N5O. The van der Waals surface area contributed by atoms with E-state index < -0.39 is 0 Å². The summed E-state index contributed by atoms with van der Waals surface area (Å²) in [6.07, 6.45) is 4.74.